The van der Waals surface area contributed by atoms with E-state index in [1.54, 1.807) is 7.11 Å². The number of methoxy groups -OCH3 is 1. The molecule has 0 spiro atoms. The molecule has 0 aromatic heterocycles. The highest BCUT2D eigenvalue weighted by Crippen LogP contribution is 2.28. The Balaban J connectivity index is 1.51. The first-order chi connectivity index (χ1) is 13.2. The maximum atomic E-state index is 12.1. The van der Waals surface area contributed by atoms with Gasteiger partial charge >= 0.3 is 0 Å². The molecule has 144 valence electrons. The molecule has 0 saturated carbocycles. The maximum absolute atomic E-state index is 12.1. The molecule has 6 nitrogen and oxygen atoms in total. The molecule has 2 aromatic carbocycles. The lowest BCUT2D eigenvalue weighted by Gasteiger charge is -2.23. The molecule has 0 aliphatic carbocycles. The molecular weight excluding hydrogens is 344 g/mol. The van der Waals surface area contributed by atoms with E-state index in [-0.39, 0.29) is 11.9 Å². The molecule has 1 heterocycles. The maximum Gasteiger partial charge on any atom is 0.221 e. The fourth-order valence-corrected chi connectivity index (χ4v) is 2.92. The molecule has 0 radical (unpaired) electrons. The Labute approximate surface area is 159 Å². The Morgan fingerprint density at radius 2 is 2.04 bits per heavy atom. The second kappa shape index (κ2) is 9.94. The first-order valence-corrected chi connectivity index (χ1v) is 9.16. The third kappa shape index (κ3) is 5.98. The van der Waals surface area contributed by atoms with Crippen molar-refractivity contribution < 1.29 is 19.0 Å². The highest BCUT2D eigenvalue weighted by atomic mass is 16.5. The predicted octanol–water partition coefficient (Wildman–Crippen LogP) is 2.27. The van der Waals surface area contributed by atoms with Crippen molar-refractivity contribution in [2.24, 2.45) is 0 Å². The van der Waals surface area contributed by atoms with Gasteiger partial charge in [-0.15, -0.1) is 0 Å². The van der Waals surface area contributed by atoms with Gasteiger partial charge in [0.1, 0.15) is 6.61 Å². The molecule has 1 amide bonds. The predicted molar refractivity (Wildman–Crippen MR) is 103 cm³/mol. The number of benzene rings is 2. The zero-order valence-corrected chi connectivity index (χ0v) is 15.6. The van der Waals surface area contributed by atoms with Crippen molar-refractivity contribution in [1.82, 2.24) is 10.6 Å². The van der Waals surface area contributed by atoms with Crippen LogP contribution in [0, 0.1) is 0 Å². The summed E-state index contributed by atoms with van der Waals surface area (Å²) in [6.45, 7) is 3.00. The zero-order valence-electron chi connectivity index (χ0n) is 15.6. The number of nitrogens with one attached hydrogen (secondary N) is 2. The zero-order chi connectivity index (χ0) is 18.9. The van der Waals surface area contributed by atoms with Crippen molar-refractivity contribution in [3.05, 3.63) is 59.7 Å². The first-order valence-electron chi connectivity index (χ1n) is 9.16. The normalized spacial score (nSPS) is 16.6. The van der Waals surface area contributed by atoms with E-state index in [0.717, 1.165) is 17.7 Å². The summed E-state index contributed by atoms with van der Waals surface area (Å²) in [5.74, 6) is 1.33. The van der Waals surface area contributed by atoms with E-state index in [2.05, 4.69) is 10.6 Å². The monoisotopic (exact) mass is 370 g/mol. The summed E-state index contributed by atoms with van der Waals surface area (Å²) in [5.41, 5.74) is 2.05. The van der Waals surface area contributed by atoms with Gasteiger partial charge < -0.3 is 24.8 Å². The SMILES string of the molecule is COc1cc(CNC(=O)CC2COCCN2)ccc1OCc1ccccc1. The smallest absolute Gasteiger partial charge is 0.221 e. The van der Waals surface area contributed by atoms with Gasteiger partial charge in [0.2, 0.25) is 5.91 Å². The second-order valence-corrected chi connectivity index (χ2v) is 6.47. The van der Waals surface area contributed by atoms with E-state index in [1.165, 1.54) is 0 Å². The third-order valence-corrected chi connectivity index (χ3v) is 4.39. The minimum absolute atomic E-state index is 0.00127. The van der Waals surface area contributed by atoms with Crippen LogP contribution in [0.5, 0.6) is 11.5 Å². The molecule has 1 aliphatic rings. The van der Waals surface area contributed by atoms with Gasteiger partial charge in [0.15, 0.2) is 11.5 Å². The van der Waals surface area contributed by atoms with Crippen LogP contribution in [0.25, 0.3) is 0 Å². The number of amides is 1. The van der Waals surface area contributed by atoms with Crippen LogP contribution >= 0.6 is 0 Å². The summed E-state index contributed by atoms with van der Waals surface area (Å²) in [7, 11) is 1.61. The van der Waals surface area contributed by atoms with Crippen molar-refractivity contribution in [1.29, 1.82) is 0 Å². The van der Waals surface area contributed by atoms with Gasteiger partial charge in [-0.1, -0.05) is 36.4 Å². The van der Waals surface area contributed by atoms with Crippen LogP contribution in [-0.2, 0) is 22.7 Å². The molecule has 1 saturated heterocycles. The van der Waals surface area contributed by atoms with Crippen molar-refractivity contribution in [2.45, 2.75) is 25.6 Å². The summed E-state index contributed by atoms with van der Waals surface area (Å²) >= 11 is 0. The minimum Gasteiger partial charge on any atom is -0.493 e. The lowest BCUT2D eigenvalue weighted by atomic mass is 10.1. The number of rotatable bonds is 8. The van der Waals surface area contributed by atoms with Crippen LogP contribution in [0.1, 0.15) is 17.5 Å². The molecular formula is C21H26N2O4. The average Bonchev–Trinajstić information content (AvgIpc) is 2.72. The number of ether oxygens (including phenoxy) is 3. The van der Waals surface area contributed by atoms with Crippen molar-refractivity contribution in [2.75, 3.05) is 26.9 Å². The molecule has 1 atom stereocenters. The van der Waals surface area contributed by atoms with Crippen LogP contribution in [0.15, 0.2) is 48.5 Å². The Bertz CT molecular complexity index is 730. The fraction of sp³-hybridized carbons (Fsp3) is 0.381. The third-order valence-electron chi connectivity index (χ3n) is 4.39. The minimum atomic E-state index is 0.00127. The average molecular weight is 370 g/mol. The van der Waals surface area contributed by atoms with Crippen LogP contribution in [-0.4, -0.2) is 38.8 Å². The summed E-state index contributed by atoms with van der Waals surface area (Å²) in [6.07, 6.45) is 0.412. The van der Waals surface area contributed by atoms with Gasteiger partial charge in [0.25, 0.3) is 0 Å². The van der Waals surface area contributed by atoms with E-state index < -0.39 is 0 Å². The van der Waals surface area contributed by atoms with E-state index >= 15 is 0 Å². The number of hydrogen-bond acceptors (Lipinski definition) is 5. The summed E-state index contributed by atoms with van der Waals surface area (Å²) in [5, 5.41) is 6.22. The Hall–Kier alpha value is -2.57. The summed E-state index contributed by atoms with van der Waals surface area (Å²) in [4.78, 5) is 12.1. The molecule has 27 heavy (non-hydrogen) atoms. The van der Waals surface area contributed by atoms with Gasteiger partial charge in [-0.05, 0) is 23.3 Å². The Morgan fingerprint density at radius 1 is 1.19 bits per heavy atom. The molecule has 2 aromatic rings. The Morgan fingerprint density at radius 3 is 2.78 bits per heavy atom. The van der Waals surface area contributed by atoms with Gasteiger partial charge in [-0.2, -0.15) is 0 Å². The molecule has 0 bridgehead atoms. The molecule has 3 rings (SSSR count). The largest absolute Gasteiger partial charge is 0.493 e. The number of carbonyl (C=O) groups is 1. The topological polar surface area (TPSA) is 68.8 Å². The standard InChI is InChI=1S/C21H26N2O4/c1-25-20-11-17(13-23-21(24)12-18-15-26-10-9-22-18)7-8-19(20)27-14-16-5-3-2-4-6-16/h2-8,11,18,22H,9-10,12-15H2,1H3,(H,23,24). The first kappa shape index (κ1) is 19.2. The Kier molecular flexibility index (Phi) is 7.07. The van der Waals surface area contributed by atoms with E-state index in [1.807, 2.05) is 48.5 Å². The lowest BCUT2D eigenvalue weighted by molar-refractivity contribution is -0.122. The van der Waals surface area contributed by atoms with Crippen LogP contribution in [0.3, 0.4) is 0 Å². The second-order valence-electron chi connectivity index (χ2n) is 6.47. The molecule has 1 fully saturated rings. The molecule has 2 N–H and O–H groups in total. The number of carbonyl (C=O) groups excluding carboxylic acids is 1. The quantitative estimate of drug-likeness (QED) is 0.746. The van der Waals surface area contributed by atoms with Crippen LogP contribution < -0.4 is 20.1 Å². The lowest BCUT2D eigenvalue weighted by Crippen LogP contribution is -2.44. The van der Waals surface area contributed by atoms with Crippen LogP contribution in [0.4, 0.5) is 0 Å². The molecule has 1 unspecified atom stereocenters. The van der Waals surface area contributed by atoms with Crippen molar-refractivity contribution >= 4 is 5.91 Å². The van der Waals surface area contributed by atoms with E-state index in [0.29, 0.717) is 44.3 Å². The van der Waals surface area contributed by atoms with Crippen molar-refractivity contribution in [3.8, 4) is 11.5 Å². The highest BCUT2D eigenvalue weighted by Gasteiger charge is 2.16. The van der Waals surface area contributed by atoms with E-state index in [4.69, 9.17) is 14.2 Å². The highest BCUT2D eigenvalue weighted by molar-refractivity contribution is 5.76. The van der Waals surface area contributed by atoms with Gasteiger partial charge in [0.05, 0.1) is 20.3 Å². The summed E-state index contributed by atoms with van der Waals surface area (Å²) < 4.78 is 16.7. The number of morpholine rings is 1. The molecule has 1 aliphatic heterocycles. The van der Waals surface area contributed by atoms with Gasteiger partial charge in [-0.25, -0.2) is 0 Å². The fourth-order valence-electron chi connectivity index (χ4n) is 2.92. The molecule has 6 heteroatoms. The van der Waals surface area contributed by atoms with Crippen molar-refractivity contribution in [3.63, 3.8) is 0 Å². The van der Waals surface area contributed by atoms with Gasteiger partial charge in [0, 0.05) is 25.6 Å². The number of hydrogen-bond donors (Lipinski definition) is 2. The summed E-state index contributed by atoms with van der Waals surface area (Å²) in [6, 6.07) is 15.8. The van der Waals surface area contributed by atoms with E-state index in [9.17, 15) is 4.79 Å². The van der Waals surface area contributed by atoms with Crippen LogP contribution in [0.2, 0.25) is 0 Å². The van der Waals surface area contributed by atoms with Gasteiger partial charge in [-0.3, -0.25) is 4.79 Å².